The molecule has 1 saturated carbocycles. The molecule has 1 atom stereocenters. The summed E-state index contributed by atoms with van der Waals surface area (Å²) in [5, 5.41) is 13.9. The van der Waals surface area contributed by atoms with Crippen molar-refractivity contribution in [2.24, 2.45) is 0 Å². The predicted molar refractivity (Wildman–Crippen MR) is 69.5 cm³/mol. The minimum atomic E-state index is -0.848. The first kappa shape index (κ1) is 11.4. The summed E-state index contributed by atoms with van der Waals surface area (Å²) in [6.45, 7) is 2.01. The fourth-order valence-corrected chi connectivity index (χ4v) is 2.57. The van der Waals surface area contributed by atoms with Crippen LogP contribution >= 0.6 is 22.6 Å². The molecule has 2 nitrogen and oxygen atoms in total. The molecule has 1 aliphatic carbocycles. The Morgan fingerprint density at radius 3 is 2.67 bits per heavy atom. The number of rotatable bonds is 4. The third kappa shape index (κ3) is 2.52. The van der Waals surface area contributed by atoms with Crippen molar-refractivity contribution >= 4 is 22.6 Å². The Morgan fingerprint density at radius 1 is 1.47 bits per heavy atom. The minimum absolute atomic E-state index is 0.506. The number of aliphatic hydroxyl groups is 1. The highest BCUT2D eigenvalue weighted by Crippen LogP contribution is 2.31. The Labute approximate surface area is 104 Å². The highest BCUT2D eigenvalue weighted by Gasteiger charge is 2.35. The van der Waals surface area contributed by atoms with Gasteiger partial charge in [0.15, 0.2) is 0 Å². The van der Waals surface area contributed by atoms with E-state index in [0.29, 0.717) is 12.5 Å². The van der Waals surface area contributed by atoms with Gasteiger partial charge in [0.2, 0.25) is 0 Å². The van der Waals surface area contributed by atoms with Crippen LogP contribution in [0, 0.1) is 3.57 Å². The molecule has 1 aromatic carbocycles. The fraction of sp³-hybridized carbons (Fsp3) is 0.500. The van der Waals surface area contributed by atoms with Crippen LogP contribution < -0.4 is 5.32 Å². The lowest BCUT2D eigenvalue weighted by molar-refractivity contribution is -0.00646. The molecule has 0 aliphatic heterocycles. The van der Waals surface area contributed by atoms with Crippen LogP contribution in [0.25, 0.3) is 0 Å². The third-order valence-corrected chi connectivity index (χ3v) is 3.79. The molecule has 3 heteroatoms. The Bertz CT molecular complexity index is 351. The van der Waals surface area contributed by atoms with Gasteiger partial charge in [0, 0.05) is 15.2 Å². The second-order valence-electron chi connectivity index (χ2n) is 4.11. The maximum Gasteiger partial charge on any atom is 0.143 e. The van der Waals surface area contributed by atoms with E-state index in [9.17, 15) is 5.11 Å². The molecule has 2 rings (SSSR count). The molecule has 0 saturated heterocycles. The van der Waals surface area contributed by atoms with E-state index < -0.39 is 5.72 Å². The van der Waals surface area contributed by atoms with Gasteiger partial charge >= 0.3 is 0 Å². The quantitative estimate of drug-likeness (QED) is 0.661. The molecule has 82 valence electrons. The molecule has 1 aromatic rings. The second-order valence-corrected chi connectivity index (χ2v) is 5.27. The molecule has 1 aliphatic rings. The lowest BCUT2D eigenvalue weighted by Gasteiger charge is -2.29. The van der Waals surface area contributed by atoms with Crippen molar-refractivity contribution < 1.29 is 5.11 Å². The first-order chi connectivity index (χ1) is 7.15. The maximum atomic E-state index is 10.6. The van der Waals surface area contributed by atoms with Crippen LogP contribution in [0.4, 0.5) is 0 Å². The van der Waals surface area contributed by atoms with E-state index >= 15 is 0 Å². The molecule has 0 aromatic heterocycles. The Morgan fingerprint density at radius 2 is 2.13 bits per heavy atom. The van der Waals surface area contributed by atoms with Gasteiger partial charge < -0.3 is 5.11 Å². The molecular formula is C12H16INO. The molecular weight excluding hydrogens is 301 g/mol. The highest BCUT2D eigenvalue weighted by atomic mass is 127. The molecule has 0 bridgehead atoms. The van der Waals surface area contributed by atoms with Crippen LogP contribution in [-0.2, 0) is 5.72 Å². The van der Waals surface area contributed by atoms with Crippen LogP contribution in [0.3, 0.4) is 0 Å². The fourth-order valence-electron chi connectivity index (χ4n) is 1.73. The third-order valence-electron chi connectivity index (χ3n) is 2.85. The van der Waals surface area contributed by atoms with Crippen molar-refractivity contribution in [2.75, 3.05) is 0 Å². The standard InChI is InChI=1S/C12H16INO/c1-2-12(15,14-9-7-8-9)10-5-3-4-6-11(10)13/h3-6,9,14-15H,2,7-8H2,1H3/t12-/m0/s1. The normalized spacial score (nSPS) is 19.9. The summed E-state index contributed by atoms with van der Waals surface area (Å²) in [5.41, 5.74) is 0.152. The zero-order valence-electron chi connectivity index (χ0n) is 8.83. The van der Waals surface area contributed by atoms with E-state index in [1.54, 1.807) is 0 Å². The molecule has 0 spiro atoms. The summed E-state index contributed by atoms with van der Waals surface area (Å²) < 4.78 is 1.12. The SMILES string of the molecule is CC[C@@](O)(NC1CC1)c1ccccc1I. The predicted octanol–water partition coefficient (Wildman–Crippen LogP) is 2.60. The van der Waals surface area contributed by atoms with Crippen molar-refractivity contribution in [2.45, 2.75) is 38.0 Å². The Hall–Kier alpha value is -0.130. The van der Waals surface area contributed by atoms with E-state index in [4.69, 9.17) is 0 Å². The zero-order valence-corrected chi connectivity index (χ0v) is 11.0. The van der Waals surface area contributed by atoms with Crippen molar-refractivity contribution in [3.05, 3.63) is 33.4 Å². The number of halogens is 1. The first-order valence-corrected chi connectivity index (χ1v) is 6.48. The monoisotopic (exact) mass is 317 g/mol. The smallest absolute Gasteiger partial charge is 0.143 e. The van der Waals surface area contributed by atoms with E-state index in [1.807, 2.05) is 31.2 Å². The van der Waals surface area contributed by atoms with Crippen molar-refractivity contribution in [1.82, 2.24) is 5.32 Å². The van der Waals surface area contributed by atoms with E-state index in [1.165, 1.54) is 12.8 Å². The minimum Gasteiger partial charge on any atom is -0.372 e. The Kier molecular flexibility index (Phi) is 3.33. The molecule has 15 heavy (non-hydrogen) atoms. The van der Waals surface area contributed by atoms with Crippen molar-refractivity contribution in [1.29, 1.82) is 0 Å². The van der Waals surface area contributed by atoms with Crippen molar-refractivity contribution in [3.63, 3.8) is 0 Å². The van der Waals surface area contributed by atoms with E-state index in [-0.39, 0.29) is 0 Å². The molecule has 0 radical (unpaired) electrons. The number of benzene rings is 1. The highest BCUT2D eigenvalue weighted by molar-refractivity contribution is 14.1. The lowest BCUT2D eigenvalue weighted by Crippen LogP contribution is -2.43. The zero-order chi connectivity index (χ0) is 10.9. The van der Waals surface area contributed by atoms with Crippen molar-refractivity contribution in [3.8, 4) is 0 Å². The summed E-state index contributed by atoms with van der Waals surface area (Å²) in [6.07, 6.45) is 3.07. The van der Waals surface area contributed by atoms with Gasteiger partial charge in [0.05, 0.1) is 0 Å². The Balaban J connectivity index is 2.27. The van der Waals surface area contributed by atoms with Crippen LogP contribution in [0.1, 0.15) is 31.7 Å². The largest absolute Gasteiger partial charge is 0.372 e. The molecule has 2 N–H and O–H groups in total. The lowest BCUT2D eigenvalue weighted by atomic mass is 10.00. The molecule has 0 heterocycles. The van der Waals surface area contributed by atoms with E-state index in [2.05, 4.69) is 27.9 Å². The number of nitrogens with one attached hydrogen (secondary N) is 1. The van der Waals surface area contributed by atoms with Gasteiger partial charge in [0.1, 0.15) is 5.72 Å². The van der Waals surface area contributed by atoms with Gasteiger partial charge in [-0.15, -0.1) is 0 Å². The summed E-state index contributed by atoms with van der Waals surface area (Å²) in [5.74, 6) is 0. The number of hydrogen-bond donors (Lipinski definition) is 2. The van der Waals surface area contributed by atoms with Gasteiger partial charge in [-0.3, -0.25) is 5.32 Å². The summed E-state index contributed by atoms with van der Waals surface area (Å²) in [7, 11) is 0. The van der Waals surface area contributed by atoms with Crippen LogP contribution in [0.5, 0.6) is 0 Å². The van der Waals surface area contributed by atoms with E-state index in [0.717, 1.165) is 9.13 Å². The van der Waals surface area contributed by atoms with Gasteiger partial charge in [-0.25, -0.2) is 0 Å². The molecule has 0 amide bonds. The van der Waals surface area contributed by atoms with Gasteiger partial charge in [-0.05, 0) is 47.9 Å². The topological polar surface area (TPSA) is 32.3 Å². The number of hydrogen-bond acceptors (Lipinski definition) is 2. The first-order valence-electron chi connectivity index (χ1n) is 5.41. The molecule has 1 fully saturated rings. The van der Waals surface area contributed by atoms with Crippen LogP contribution in [-0.4, -0.2) is 11.1 Å². The summed E-state index contributed by atoms with van der Waals surface area (Å²) in [4.78, 5) is 0. The van der Waals surface area contributed by atoms with Gasteiger partial charge in [0.25, 0.3) is 0 Å². The average molecular weight is 317 g/mol. The second kappa shape index (κ2) is 4.39. The summed E-state index contributed by atoms with van der Waals surface area (Å²) >= 11 is 2.28. The van der Waals surface area contributed by atoms with Gasteiger partial charge in [-0.1, -0.05) is 25.1 Å². The summed E-state index contributed by atoms with van der Waals surface area (Å²) in [6, 6.07) is 8.52. The van der Waals surface area contributed by atoms with Gasteiger partial charge in [-0.2, -0.15) is 0 Å². The maximum absolute atomic E-state index is 10.6. The van der Waals surface area contributed by atoms with Crippen LogP contribution in [0.15, 0.2) is 24.3 Å². The van der Waals surface area contributed by atoms with Crippen LogP contribution in [0.2, 0.25) is 0 Å². The average Bonchev–Trinajstić information content (AvgIpc) is 3.02. The molecule has 0 unspecified atom stereocenters.